The van der Waals surface area contributed by atoms with Crippen LogP contribution in [-0.2, 0) is 22.8 Å². The zero-order chi connectivity index (χ0) is 14.9. The van der Waals surface area contributed by atoms with Gasteiger partial charge in [0, 0.05) is 18.5 Å². The lowest BCUT2D eigenvalue weighted by atomic mass is 10.1. The maximum Gasteiger partial charge on any atom is 0.153 e. The third kappa shape index (κ3) is 3.49. The Balaban J connectivity index is 1.64. The molecule has 1 aromatic rings. The molecule has 2 atom stereocenters. The Hall–Kier alpha value is -0.850. The lowest BCUT2D eigenvalue weighted by Crippen LogP contribution is -2.48. The molecule has 0 unspecified atom stereocenters. The second-order valence-corrected chi connectivity index (χ2v) is 8.25. The Morgan fingerprint density at radius 2 is 1.95 bits per heavy atom. The van der Waals surface area contributed by atoms with Crippen LogP contribution in [0.1, 0.15) is 31.3 Å². The van der Waals surface area contributed by atoms with Crippen molar-refractivity contribution >= 4 is 9.84 Å². The molecular weight excluding hydrogens is 288 g/mol. The molecule has 3 rings (SSSR count). The maximum absolute atomic E-state index is 12.0. The molecular formula is C15H24N2O3S. The Labute approximate surface area is 126 Å². The van der Waals surface area contributed by atoms with Gasteiger partial charge in [-0.3, -0.25) is 4.90 Å². The van der Waals surface area contributed by atoms with Gasteiger partial charge >= 0.3 is 0 Å². The Kier molecular flexibility index (Phi) is 4.38. The van der Waals surface area contributed by atoms with Crippen LogP contribution >= 0.6 is 0 Å². The van der Waals surface area contributed by atoms with Crippen LogP contribution in [-0.4, -0.2) is 50.0 Å². The number of nitrogens with one attached hydrogen (secondary N) is 1. The third-order valence-corrected chi connectivity index (χ3v) is 6.25. The van der Waals surface area contributed by atoms with Gasteiger partial charge in [-0.1, -0.05) is 6.92 Å². The fourth-order valence-electron chi connectivity index (χ4n) is 3.40. The van der Waals surface area contributed by atoms with Crippen molar-refractivity contribution in [2.24, 2.45) is 0 Å². The number of furan rings is 1. The van der Waals surface area contributed by atoms with E-state index in [9.17, 15) is 8.42 Å². The summed E-state index contributed by atoms with van der Waals surface area (Å²) in [6.45, 7) is 4.71. The summed E-state index contributed by atoms with van der Waals surface area (Å²) in [7, 11) is -2.92. The topological polar surface area (TPSA) is 62.6 Å². The molecule has 0 radical (unpaired) electrons. The number of hydrogen-bond donors (Lipinski definition) is 1. The van der Waals surface area contributed by atoms with E-state index in [2.05, 4.69) is 17.1 Å². The summed E-state index contributed by atoms with van der Waals surface area (Å²) >= 11 is 0. The normalized spacial score (nSPS) is 29.2. The quantitative estimate of drug-likeness (QED) is 0.885. The van der Waals surface area contributed by atoms with Gasteiger partial charge in [-0.05, 0) is 38.1 Å². The van der Waals surface area contributed by atoms with E-state index in [1.54, 1.807) is 0 Å². The Morgan fingerprint density at radius 1 is 1.24 bits per heavy atom. The van der Waals surface area contributed by atoms with Crippen LogP contribution in [0, 0.1) is 0 Å². The highest BCUT2D eigenvalue weighted by molar-refractivity contribution is 7.91. The number of hydrogen-bond acceptors (Lipinski definition) is 5. The zero-order valence-electron chi connectivity index (χ0n) is 12.5. The van der Waals surface area contributed by atoms with Crippen LogP contribution in [0.2, 0.25) is 0 Å². The molecule has 3 heterocycles. The molecule has 1 N–H and O–H groups in total. The van der Waals surface area contributed by atoms with Crippen molar-refractivity contribution in [1.29, 1.82) is 0 Å². The van der Waals surface area contributed by atoms with Gasteiger partial charge in [-0.2, -0.15) is 0 Å². The summed E-state index contributed by atoms with van der Waals surface area (Å²) in [5.41, 5.74) is 0. The predicted molar refractivity (Wildman–Crippen MR) is 82.0 cm³/mol. The van der Waals surface area contributed by atoms with Crippen LogP contribution in [0.25, 0.3) is 0 Å². The zero-order valence-corrected chi connectivity index (χ0v) is 13.4. The van der Waals surface area contributed by atoms with Crippen LogP contribution in [0.4, 0.5) is 0 Å². The van der Waals surface area contributed by atoms with Crippen LogP contribution in [0.3, 0.4) is 0 Å². The van der Waals surface area contributed by atoms with Crippen molar-refractivity contribution in [3.63, 3.8) is 0 Å². The summed E-state index contributed by atoms with van der Waals surface area (Å²) in [5.74, 6) is 2.40. The van der Waals surface area contributed by atoms with E-state index in [-0.39, 0.29) is 17.8 Å². The highest BCUT2D eigenvalue weighted by Gasteiger charge is 2.41. The maximum atomic E-state index is 12.0. The SMILES string of the molecule is CCc1ccc(CN[C@H]2CS(=O)(=O)C[C@H]2N2CCCC2)o1. The fraction of sp³-hybridized carbons (Fsp3) is 0.733. The molecule has 0 saturated carbocycles. The summed E-state index contributed by atoms with van der Waals surface area (Å²) in [5, 5.41) is 3.40. The molecule has 2 aliphatic rings. The molecule has 0 spiro atoms. The van der Waals surface area contributed by atoms with E-state index in [0.29, 0.717) is 12.3 Å². The molecule has 0 aliphatic carbocycles. The first-order valence-corrected chi connectivity index (χ1v) is 9.65. The average molecular weight is 312 g/mol. The lowest BCUT2D eigenvalue weighted by Gasteiger charge is -2.28. The first-order chi connectivity index (χ1) is 10.1. The van der Waals surface area contributed by atoms with E-state index in [1.807, 2.05) is 12.1 Å². The van der Waals surface area contributed by atoms with Gasteiger partial charge in [0.05, 0.1) is 18.1 Å². The molecule has 0 aromatic carbocycles. The summed E-state index contributed by atoms with van der Waals surface area (Å²) in [4.78, 5) is 2.34. The second-order valence-electron chi connectivity index (χ2n) is 6.10. The highest BCUT2D eigenvalue weighted by Crippen LogP contribution is 2.23. The van der Waals surface area contributed by atoms with E-state index in [0.717, 1.165) is 31.0 Å². The standard InChI is InChI=1S/C15H24N2O3S/c1-2-12-5-6-13(20-12)9-16-14-10-21(18,19)11-15(14)17-7-3-4-8-17/h5-6,14-16H,2-4,7-11H2,1H3/t14-,15+/m0/s1. The minimum atomic E-state index is -2.92. The van der Waals surface area contributed by atoms with Crippen molar-refractivity contribution in [1.82, 2.24) is 10.2 Å². The molecule has 5 nitrogen and oxygen atoms in total. The summed E-state index contributed by atoms with van der Waals surface area (Å²) in [6.07, 6.45) is 3.25. The third-order valence-electron chi connectivity index (χ3n) is 4.54. The van der Waals surface area contributed by atoms with Gasteiger partial charge in [-0.25, -0.2) is 8.42 Å². The molecule has 6 heteroatoms. The molecule has 118 valence electrons. The number of sulfone groups is 1. The molecule has 21 heavy (non-hydrogen) atoms. The number of nitrogens with zero attached hydrogens (tertiary/aromatic N) is 1. The van der Waals surface area contributed by atoms with E-state index in [4.69, 9.17) is 4.42 Å². The minimum Gasteiger partial charge on any atom is -0.465 e. The van der Waals surface area contributed by atoms with Gasteiger partial charge in [0.2, 0.25) is 0 Å². The highest BCUT2D eigenvalue weighted by atomic mass is 32.2. The molecule has 2 fully saturated rings. The van der Waals surface area contributed by atoms with Gasteiger partial charge in [0.1, 0.15) is 11.5 Å². The van der Waals surface area contributed by atoms with Crippen molar-refractivity contribution in [2.45, 2.75) is 44.8 Å². The molecule has 1 aromatic heterocycles. The Bertz CT molecular complexity index is 575. The summed E-state index contributed by atoms with van der Waals surface area (Å²) < 4.78 is 29.6. The molecule has 0 bridgehead atoms. The fourth-order valence-corrected chi connectivity index (χ4v) is 5.38. The van der Waals surface area contributed by atoms with E-state index in [1.165, 1.54) is 12.8 Å². The van der Waals surface area contributed by atoms with Crippen molar-refractivity contribution < 1.29 is 12.8 Å². The van der Waals surface area contributed by atoms with Crippen molar-refractivity contribution in [2.75, 3.05) is 24.6 Å². The van der Waals surface area contributed by atoms with Crippen molar-refractivity contribution in [3.05, 3.63) is 23.7 Å². The van der Waals surface area contributed by atoms with Crippen LogP contribution < -0.4 is 5.32 Å². The second kappa shape index (κ2) is 6.10. The first kappa shape index (κ1) is 15.1. The smallest absolute Gasteiger partial charge is 0.153 e. The van der Waals surface area contributed by atoms with E-state index >= 15 is 0 Å². The summed E-state index contributed by atoms with van der Waals surface area (Å²) in [6, 6.07) is 4.10. The lowest BCUT2D eigenvalue weighted by molar-refractivity contribution is 0.223. The number of rotatable bonds is 5. The minimum absolute atomic E-state index is 0.0169. The van der Waals surface area contributed by atoms with Gasteiger partial charge in [-0.15, -0.1) is 0 Å². The van der Waals surface area contributed by atoms with Crippen LogP contribution in [0.5, 0.6) is 0 Å². The number of aryl methyl sites for hydroxylation is 1. The predicted octanol–water partition coefficient (Wildman–Crippen LogP) is 1.19. The molecule has 2 saturated heterocycles. The average Bonchev–Trinajstić information content (AvgIpc) is 3.15. The number of likely N-dealkylation sites (tertiary alicyclic amines) is 1. The van der Waals surface area contributed by atoms with E-state index < -0.39 is 9.84 Å². The van der Waals surface area contributed by atoms with Crippen molar-refractivity contribution in [3.8, 4) is 0 Å². The van der Waals surface area contributed by atoms with Crippen LogP contribution in [0.15, 0.2) is 16.5 Å². The monoisotopic (exact) mass is 312 g/mol. The molecule has 0 amide bonds. The largest absolute Gasteiger partial charge is 0.465 e. The Morgan fingerprint density at radius 3 is 2.62 bits per heavy atom. The molecule has 2 aliphatic heterocycles. The first-order valence-electron chi connectivity index (χ1n) is 7.83. The van der Waals surface area contributed by atoms with Gasteiger partial charge < -0.3 is 9.73 Å². The van der Waals surface area contributed by atoms with Gasteiger partial charge in [0.25, 0.3) is 0 Å². The van der Waals surface area contributed by atoms with Gasteiger partial charge in [0.15, 0.2) is 9.84 Å².